The van der Waals surface area contributed by atoms with Crippen LogP contribution >= 0.6 is 0 Å². The third-order valence-electron chi connectivity index (χ3n) is 1.91. The van der Waals surface area contributed by atoms with Gasteiger partial charge in [0, 0.05) is 6.42 Å². The van der Waals surface area contributed by atoms with Gasteiger partial charge in [-0.15, -0.1) is 0 Å². The molecule has 0 saturated heterocycles. The molecule has 2 atom stereocenters. The number of benzene rings is 1. The number of hydrogen-bond acceptors (Lipinski definition) is 1. The predicted octanol–water partition coefficient (Wildman–Crippen LogP) is 2.71. The molecule has 1 rings (SSSR count). The van der Waals surface area contributed by atoms with Gasteiger partial charge in [0.1, 0.15) is 0 Å². The van der Waals surface area contributed by atoms with Crippen LogP contribution in [0, 0.1) is 0 Å². The van der Waals surface area contributed by atoms with Crippen LogP contribution in [-0.2, 0) is 0 Å². The van der Waals surface area contributed by atoms with Crippen molar-refractivity contribution in [2.75, 3.05) is 0 Å². The Labute approximate surface area is 80.2 Å². The van der Waals surface area contributed by atoms with E-state index >= 15 is 0 Å². The Hall–Kier alpha value is -1.03. The molecule has 0 amide bonds. The van der Waals surface area contributed by atoms with Gasteiger partial charge in [-0.2, -0.15) is 0 Å². The van der Waals surface area contributed by atoms with Crippen molar-refractivity contribution in [2.24, 2.45) is 0 Å². The maximum atomic E-state index is 12.6. The van der Waals surface area contributed by atoms with Crippen LogP contribution in [0.15, 0.2) is 30.3 Å². The molecule has 78 valence electrons. The number of rotatable bonds is 4. The molecule has 14 heavy (non-hydrogen) atoms. The smallest absolute Gasteiger partial charge is 0.269 e. The van der Waals surface area contributed by atoms with E-state index in [4.69, 9.17) is 0 Å². The molecule has 0 fully saturated rings. The Bertz CT molecular complexity index is 263. The molecule has 0 spiro atoms. The molecule has 1 aromatic rings. The normalized spacial score (nSPS) is 15.5. The van der Waals surface area contributed by atoms with Gasteiger partial charge in [0.15, 0.2) is 6.17 Å². The maximum absolute atomic E-state index is 12.6. The summed E-state index contributed by atoms with van der Waals surface area (Å²) >= 11 is 0. The largest absolute Gasteiger partial charge is 0.388 e. The van der Waals surface area contributed by atoms with Crippen molar-refractivity contribution in [2.45, 2.75) is 25.1 Å². The number of aliphatic hydroxyl groups excluding tert-OH is 1. The van der Waals surface area contributed by atoms with Gasteiger partial charge >= 0.3 is 0 Å². The van der Waals surface area contributed by atoms with Crippen molar-refractivity contribution in [3.63, 3.8) is 0 Å². The molecule has 1 aromatic carbocycles. The van der Waals surface area contributed by atoms with E-state index in [0.29, 0.717) is 5.56 Å². The van der Waals surface area contributed by atoms with Gasteiger partial charge in [-0.1, -0.05) is 30.3 Å². The van der Waals surface area contributed by atoms with Gasteiger partial charge in [0.05, 0.1) is 6.10 Å². The highest BCUT2D eigenvalue weighted by Crippen LogP contribution is 2.22. The second-order valence-corrected chi connectivity index (χ2v) is 3.01. The molecule has 0 aliphatic carbocycles. The fraction of sp³-hybridized carbons (Fsp3) is 0.400. The summed E-state index contributed by atoms with van der Waals surface area (Å²) in [6.07, 6.45) is -7.04. The first-order valence-corrected chi connectivity index (χ1v) is 4.26. The number of halogens is 3. The van der Waals surface area contributed by atoms with Crippen LogP contribution in [0.5, 0.6) is 0 Å². The molecular weight excluding hydrogens is 193 g/mol. The van der Waals surface area contributed by atoms with Gasteiger partial charge in [0.25, 0.3) is 6.43 Å². The maximum Gasteiger partial charge on any atom is 0.269 e. The molecule has 0 bridgehead atoms. The van der Waals surface area contributed by atoms with E-state index in [2.05, 4.69) is 0 Å². The Kier molecular flexibility index (Phi) is 3.95. The number of hydrogen-bond donors (Lipinski definition) is 1. The minimum atomic E-state index is -3.03. The summed E-state index contributed by atoms with van der Waals surface area (Å²) in [5.74, 6) is 0. The summed E-state index contributed by atoms with van der Waals surface area (Å²) in [5, 5.41) is 9.37. The first-order valence-electron chi connectivity index (χ1n) is 4.26. The number of alkyl halides is 3. The van der Waals surface area contributed by atoms with Crippen LogP contribution in [0.2, 0.25) is 0 Å². The summed E-state index contributed by atoms with van der Waals surface area (Å²) in [7, 11) is 0. The molecule has 0 aliphatic rings. The predicted molar refractivity (Wildman–Crippen MR) is 46.9 cm³/mol. The highest BCUT2D eigenvalue weighted by molar-refractivity contribution is 5.17. The third-order valence-corrected chi connectivity index (χ3v) is 1.91. The standard InChI is InChI=1S/C10H11F3O/c11-8(10(12)13)6-9(14)7-4-2-1-3-5-7/h1-5,8-10,14H,6H2. The molecule has 0 radical (unpaired) electrons. The number of aliphatic hydroxyl groups is 1. The first-order chi connectivity index (χ1) is 6.61. The van der Waals surface area contributed by atoms with Crippen molar-refractivity contribution in [1.29, 1.82) is 0 Å². The summed E-state index contributed by atoms with van der Waals surface area (Å²) in [6.45, 7) is 0. The molecule has 1 N–H and O–H groups in total. The molecular formula is C10H11F3O. The second kappa shape index (κ2) is 5.00. The summed E-state index contributed by atoms with van der Waals surface area (Å²) < 4.78 is 36.2. The van der Waals surface area contributed by atoms with Crippen LogP contribution in [-0.4, -0.2) is 17.7 Å². The van der Waals surface area contributed by atoms with Gasteiger partial charge in [0.2, 0.25) is 0 Å². The van der Waals surface area contributed by atoms with Crippen molar-refractivity contribution in [3.8, 4) is 0 Å². The summed E-state index contributed by atoms with van der Waals surface area (Å²) in [5.41, 5.74) is 0.454. The van der Waals surface area contributed by atoms with Crippen molar-refractivity contribution in [3.05, 3.63) is 35.9 Å². The lowest BCUT2D eigenvalue weighted by Crippen LogP contribution is -2.16. The fourth-order valence-electron chi connectivity index (χ4n) is 1.13. The monoisotopic (exact) mass is 204 g/mol. The molecule has 2 unspecified atom stereocenters. The lowest BCUT2D eigenvalue weighted by Gasteiger charge is -2.13. The molecule has 1 nitrogen and oxygen atoms in total. The van der Waals surface area contributed by atoms with E-state index in [-0.39, 0.29) is 0 Å². The van der Waals surface area contributed by atoms with E-state index < -0.39 is 25.1 Å². The molecule has 0 aliphatic heterocycles. The molecule has 0 heterocycles. The zero-order chi connectivity index (χ0) is 10.6. The van der Waals surface area contributed by atoms with Gasteiger partial charge < -0.3 is 5.11 Å². The fourth-order valence-corrected chi connectivity index (χ4v) is 1.13. The quantitative estimate of drug-likeness (QED) is 0.799. The van der Waals surface area contributed by atoms with Crippen LogP contribution in [0.25, 0.3) is 0 Å². The second-order valence-electron chi connectivity index (χ2n) is 3.01. The minimum absolute atomic E-state index is 0.454. The van der Waals surface area contributed by atoms with Crippen LogP contribution < -0.4 is 0 Å². The summed E-state index contributed by atoms with van der Waals surface area (Å²) in [6, 6.07) is 8.20. The SMILES string of the molecule is OC(CC(F)C(F)F)c1ccccc1. The Balaban J connectivity index is 2.55. The average molecular weight is 204 g/mol. The highest BCUT2D eigenvalue weighted by Gasteiger charge is 2.23. The van der Waals surface area contributed by atoms with Crippen LogP contribution in [0.3, 0.4) is 0 Å². The lowest BCUT2D eigenvalue weighted by molar-refractivity contribution is 0.0162. The van der Waals surface area contributed by atoms with Crippen LogP contribution in [0.1, 0.15) is 18.1 Å². The zero-order valence-electron chi connectivity index (χ0n) is 7.41. The van der Waals surface area contributed by atoms with E-state index in [0.717, 1.165) is 0 Å². The van der Waals surface area contributed by atoms with Gasteiger partial charge in [-0.25, -0.2) is 13.2 Å². The summed E-state index contributed by atoms with van der Waals surface area (Å²) in [4.78, 5) is 0. The Morgan fingerprint density at radius 2 is 1.64 bits per heavy atom. The lowest BCUT2D eigenvalue weighted by atomic mass is 10.0. The highest BCUT2D eigenvalue weighted by atomic mass is 19.3. The molecule has 0 aromatic heterocycles. The molecule has 4 heteroatoms. The van der Waals surface area contributed by atoms with E-state index in [1.807, 2.05) is 0 Å². The minimum Gasteiger partial charge on any atom is -0.388 e. The average Bonchev–Trinajstić information content (AvgIpc) is 2.19. The van der Waals surface area contributed by atoms with Crippen molar-refractivity contribution >= 4 is 0 Å². The third kappa shape index (κ3) is 3.03. The van der Waals surface area contributed by atoms with E-state index in [9.17, 15) is 18.3 Å². The first kappa shape index (κ1) is 11.0. The zero-order valence-corrected chi connectivity index (χ0v) is 7.41. The van der Waals surface area contributed by atoms with E-state index in [1.54, 1.807) is 30.3 Å². The topological polar surface area (TPSA) is 20.2 Å². The Morgan fingerprint density at radius 1 is 1.07 bits per heavy atom. The molecule has 0 saturated carbocycles. The van der Waals surface area contributed by atoms with Crippen molar-refractivity contribution in [1.82, 2.24) is 0 Å². The van der Waals surface area contributed by atoms with Gasteiger partial charge in [-0.05, 0) is 5.56 Å². The Morgan fingerprint density at radius 3 is 2.14 bits per heavy atom. The van der Waals surface area contributed by atoms with Crippen molar-refractivity contribution < 1.29 is 18.3 Å². The van der Waals surface area contributed by atoms with E-state index in [1.165, 1.54) is 0 Å². The van der Waals surface area contributed by atoms with Crippen LogP contribution in [0.4, 0.5) is 13.2 Å². The van der Waals surface area contributed by atoms with Gasteiger partial charge in [-0.3, -0.25) is 0 Å².